The highest BCUT2D eigenvalue weighted by atomic mass is 35.5. The molecule has 0 heterocycles. The molecule has 0 aromatic heterocycles. The molecule has 120 valence electrons. The lowest BCUT2D eigenvalue weighted by atomic mass is 9.86. The average Bonchev–Trinajstić information content (AvgIpc) is 2.52. The van der Waals surface area contributed by atoms with E-state index in [1.807, 2.05) is 18.2 Å². The van der Waals surface area contributed by atoms with E-state index >= 15 is 0 Å². The molecule has 0 aliphatic heterocycles. The molecule has 0 saturated heterocycles. The number of hydrogen-bond acceptors (Lipinski definition) is 2. The molecule has 0 N–H and O–H groups in total. The van der Waals surface area contributed by atoms with Gasteiger partial charge in [0.2, 0.25) is 0 Å². The quantitative estimate of drug-likeness (QED) is 0.498. The topological polar surface area (TPSA) is 26.3 Å². The first-order chi connectivity index (χ1) is 10.6. The zero-order chi connectivity index (χ0) is 15.9. The lowest BCUT2D eigenvalue weighted by Crippen LogP contribution is -2.11. The molecular formula is C19H25ClO2. The maximum Gasteiger partial charge on any atom is 0.121 e. The molecule has 22 heavy (non-hydrogen) atoms. The van der Waals surface area contributed by atoms with Crippen LogP contribution in [0.25, 0.3) is 0 Å². The molecule has 0 spiro atoms. The van der Waals surface area contributed by atoms with Gasteiger partial charge in [0.1, 0.15) is 18.6 Å². The van der Waals surface area contributed by atoms with Crippen LogP contribution in [0.15, 0.2) is 29.3 Å². The van der Waals surface area contributed by atoms with Crippen molar-refractivity contribution in [3.63, 3.8) is 0 Å². The summed E-state index contributed by atoms with van der Waals surface area (Å²) in [5.41, 5.74) is 4.03. The minimum Gasteiger partial charge on any atom is -0.489 e. The number of aldehydes is 1. The predicted octanol–water partition coefficient (Wildman–Crippen LogP) is 5.38. The first kappa shape index (κ1) is 17.1. The van der Waals surface area contributed by atoms with Crippen LogP contribution >= 0.6 is 11.6 Å². The summed E-state index contributed by atoms with van der Waals surface area (Å²) in [7, 11) is 0. The van der Waals surface area contributed by atoms with Gasteiger partial charge in [-0.2, -0.15) is 0 Å². The Balaban J connectivity index is 2.02. The van der Waals surface area contributed by atoms with Gasteiger partial charge in [-0.15, -0.1) is 0 Å². The van der Waals surface area contributed by atoms with Gasteiger partial charge in [0.15, 0.2) is 0 Å². The van der Waals surface area contributed by atoms with Crippen LogP contribution in [0.1, 0.15) is 51.5 Å². The summed E-state index contributed by atoms with van der Waals surface area (Å²) < 4.78 is 5.95. The number of benzene rings is 1. The number of carbonyl (C=O) groups excluding carboxylic acids is 1. The molecule has 1 aromatic carbocycles. The van der Waals surface area contributed by atoms with Crippen molar-refractivity contribution < 1.29 is 9.53 Å². The van der Waals surface area contributed by atoms with E-state index in [1.165, 1.54) is 24.8 Å². The van der Waals surface area contributed by atoms with Gasteiger partial charge in [-0.05, 0) is 61.3 Å². The summed E-state index contributed by atoms with van der Waals surface area (Å²) in [6.07, 6.45) is 7.04. The average molecular weight is 321 g/mol. The monoisotopic (exact) mass is 320 g/mol. The third kappa shape index (κ3) is 4.61. The van der Waals surface area contributed by atoms with E-state index < -0.39 is 0 Å². The van der Waals surface area contributed by atoms with Gasteiger partial charge in [-0.25, -0.2) is 0 Å². The molecule has 0 bridgehead atoms. The van der Waals surface area contributed by atoms with Crippen molar-refractivity contribution in [1.29, 1.82) is 0 Å². The lowest BCUT2D eigenvalue weighted by Gasteiger charge is -2.23. The molecule has 0 fully saturated rings. The number of rotatable bonds is 7. The van der Waals surface area contributed by atoms with Crippen molar-refractivity contribution in [2.24, 2.45) is 5.92 Å². The van der Waals surface area contributed by atoms with Crippen LogP contribution in [-0.4, -0.2) is 12.9 Å². The van der Waals surface area contributed by atoms with Crippen LogP contribution in [-0.2, 0) is 11.2 Å². The van der Waals surface area contributed by atoms with Gasteiger partial charge < -0.3 is 9.53 Å². The van der Waals surface area contributed by atoms with E-state index in [9.17, 15) is 4.79 Å². The molecule has 0 radical (unpaired) electrons. The Morgan fingerprint density at radius 1 is 1.27 bits per heavy atom. The zero-order valence-corrected chi connectivity index (χ0v) is 14.3. The second kappa shape index (κ2) is 8.38. The largest absolute Gasteiger partial charge is 0.489 e. The first-order valence-electron chi connectivity index (χ1n) is 8.17. The first-order valence-corrected chi connectivity index (χ1v) is 8.55. The zero-order valence-electron chi connectivity index (χ0n) is 13.5. The fourth-order valence-electron chi connectivity index (χ4n) is 3.06. The number of halogens is 1. The normalized spacial score (nSPS) is 15.3. The number of allylic oxidation sites excluding steroid dienone is 1. The minimum atomic E-state index is 0.505. The van der Waals surface area contributed by atoms with Crippen molar-refractivity contribution in [1.82, 2.24) is 0 Å². The van der Waals surface area contributed by atoms with E-state index in [2.05, 4.69) is 13.8 Å². The molecule has 0 saturated carbocycles. The van der Waals surface area contributed by atoms with Crippen LogP contribution in [0, 0.1) is 5.92 Å². The molecule has 1 aliphatic rings. The van der Waals surface area contributed by atoms with Crippen molar-refractivity contribution in [2.45, 2.75) is 52.4 Å². The van der Waals surface area contributed by atoms with Gasteiger partial charge >= 0.3 is 0 Å². The maximum atomic E-state index is 10.4. The number of aryl methyl sites for hydroxylation is 1. The summed E-state index contributed by atoms with van der Waals surface area (Å²) in [5, 5.41) is 0.682. The maximum absolute atomic E-state index is 10.4. The minimum absolute atomic E-state index is 0.505. The summed E-state index contributed by atoms with van der Waals surface area (Å²) in [4.78, 5) is 10.4. The van der Waals surface area contributed by atoms with Crippen LogP contribution < -0.4 is 4.74 Å². The molecule has 2 nitrogen and oxygen atoms in total. The van der Waals surface area contributed by atoms with Crippen LogP contribution in [0.4, 0.5) is 0 Å². The second-order valence-corrected chi connectivity index (χ2v) is 6.65. The summed E-state index contributed by atoms with van der Waals surface area (Å²) in [6, 6.07) is 5.77. The lowest BCUT2D eigenvalue weighted by molar-refractivity contribution is -0.107. The van der Waals surface area contributed by atoms with Crippen molar-refractivity contribution in [3.8, 4) is 5.75 Å². The standard InChI is InChI=1S/C19H25ClO2/c1-14(2)18-8-4-3-6-16(18)13-22-17-10-9-15(7-5-11-21)19(20)12-17/h9-12,14H,3-8,13H2,1-2H3. The fraction of sp³-hybridized carbons (Fsp3) is 0.526. The Hall–Kier alpha value is -1.28. The Labute approximate surface area is 138 Å². The molecule has 2 rings (SSSR count). The van der Waals surface area contributed by atoms with E-state index in [4.69, 9.17) is 16.3 Å². The Morgan fingerprint density at radius 3 is 2.73 bits per heavy atom. The third-order valence-corrected chi connectivity index (χ3v) is 4.65. The van der Waals surface area contributed by atoms with Crippen molar-refractivity contribution in [2.75, 3.05) is 6.61 Å². The highest BCUT2D eigenvalue weighted by molar-refractivity contribution is 6.31. The Kier molecular flexibility index (Phi) is 6.50. The fourth-order valence-corrected chi connectivity index (χ4v) is 3.32. The van der Waals surface area contributed by atoms with E-state index in [-0.39, 0.29) is 0 Å². The van der Waals surface area contributed by atoms with E-state index in [0.717, 1.165) is 24.0 Å². The molecule has 1 aromatic rings. The highest BCUT2D eigenvalue weighted by Gasteiger charge is 2.16. The summed E-state index contributed by atoms with van der Waals surface area (Å²) in [6.45, 7) is 5.19. The van der Waals surface area contributed by atoms with Gasteiger partial charge in [0, 0.05) is 11.4 Å². The smallest absolute Gasteiger partial charge is 0.121 e. The van der Waals surface area contributed by atoms with Gasteiger partial charge in [0.05, 0.1) is 0 Å². The Morgan fingerprint density at radius 2 is 2.05 bits per heavy atom. The number of ether oxygens (including phenoxy) is 1. The van der Waals surface area contributed by atoms with Crippen molar-refractivity contribution in [3.05, 3.63) is 39.9 Å². The van der Waals surface area contributed by atoms with E-state index in [1.54, 1.807) is 5.57 Å². The molecule has 0 atom stereocenters. The number of carbonyl (C=O) groups is 1. The van der Waals surface area contributed by atoms with Crippen LogP contribution in [0.5, 0.6) is 5.75 Å². The van der Waals surface area contributed by atoms with Gasteiger partial charge in [-0.3, -0.25) is 0 Å². The van der Waals surface area contributed by atoms with Gasteiger partial charge in [-0.1, -0.05) is 37.1 Å². The van der Waals surface area contributed by atoms with E-state index in [0.29, 0.717) is 30.4 Å². The molecule has 1 aliphatic carbocycles. The summed E-state index contributed by atoms with van der Waals surface area (Å²) >= 11 is 6.26. The molecule has 3 heteroatoms. The summed E-state index contributed by atoms with van der Waals surface area (Å²) in [5.74, 6) is 1.41. The molecular weight excluding hydrogens is 296 g/mol. The predicted molar refractivity (Wildman–Crippen MR) is 91.7 cm³/mol. The molecule has 0 amide bonds. The number of hydrogen-bond donors (Lipinski definition) is 0. The highest BCUT2D eigenvalue weighted by Crippen LogP contribution is 2.31. The van der Waals surface area contributed by atoms with Gasteiger partial charge in [0.25, 0.3) is 0 Å². The van der Waals surface area contributed by atoms with Crippen LogP contribution in [0.2, 0.25) is 5.02 Å². The third-order valence-electron chi connectivity index (χ3n) is 4.29. The van der Waals surface area contributed by atoms with Crippen molar-refractivity contribution >= 4 is 17.9 Å². The Bertz CT molecular complexity index is 546. The molecule has 0 unspecified atom stereocenters. The SMILES string of the molecule is CC(C)C1=C(COc2ccc(CCC=O)c(Cl)c2)CCCC1. The second-order valence-electron chi connectivity index (χ2n) is 6.24. The van der Waals surface area contributed by atoms with Crippen LogP contribution in [0.3, 0.4) is 0 Å².